The fourth-order valence-electron chi connectivity index (χ4n) is 3.06. The molecule has 0 saturated carbocycles. The molecule has 0 spiro atoms. The molecule has 4 aromatic carbocycles. The molecule has 0 aromatic heterocycles. The Morgan fingerprint density at radius 1 is 0.692 bits per heavy atom. The summed E-state index contributed by atoms with van der Waals surface area (Å²) in [5, 5.41) is 21.3. The van der Waals surface area contributed by atoms with E-state index in [-0.39, 0.29) is 5.75 Å². The van der Waals surface area contributed by atoms with E-state index < -0.39 is 0 Å². The van der Waals surface area contributed by atoms with Crippen LogP contribution in [0.15, 0.2) is 95.2 Å². The van der Waals surface area contributed by atoms with Crippen LogP contribution in [0, 0.1) is 6.92 Å². The highest BCUT2D eigenvalue weighted by atomic mass is 16.3. The third kappa shape index (κ3) is 3.07. The molecule has 0 bridgehead atoms. The number of azo groups is 1. The number of aryl methyl sites for hydroxylation is 1. The molecule has 0 saturated heterocycles. The normalized spacial score (nSPS) is 11.3. The first kappa shape index (κ1) is 16.0. The minimum atomic E-state index is 0.202. The average Bonchev–Trinajstić information content (AvgIpc) is 2.68. The molecule has 0 aliphatic rings. The van der Waals surface area contributed by atoms with Crippen molar-refractivity contribution in [2.45, 2.75) is 6.92 Å². The van der Waals surface area contributed by atoms with Gasteiger partial charge in [-0.2, -0.15) is 5.11 Å². The molecule has 1 N–H and O–H groups in total. The van der Waals surface area contributed by atoms with Gasteiger partial charge in [-0.1, -0.05) is 72.3 Å². The molecule has 126 valence electrons. The number of nitrogens with zero attached hydrogens (tertiary/aromatic N) is 2. The largest absolute Gasteiger partial charge is 0.507 e. The Morgan fingerprint density at radius 2 is 1.35 bits per heavy atom. The zero-order valence-corrected chi connectivity index (χ0v) is 14.4. The van der Waals surface area contributed by atoms with E-state index in [1.54, 1.807) is 6.07 Å². The van der Waals surface area contributed by atoms with Crippen LogP contribution in [0.1, 0.15) is 5.56 Å². The zero-order valence-electron chi connectivity index (χ0n) is 14.4. The summed E-state index contributed by atoms with van der Waals surface area (Å²) < 4.78 is 0. The van der Waals surface area contributed by atoms with E-state index in [2.05, 4.69) is 10.2 Å². The van der Waals surface area contributed by atoms with Crippen LogP contribution in [0.4, 0.5) is 11.4 Å². The molecule has 3 heteroatoms. The first-order chi connectivity index (χ1) is 12.7. The lowest BCUT2D eigenvalue weighted by Gasteiger charge is -2.11. The first-order valence-electron chi connectivity index (χ1n) is 8.51. The maximum absolute atomic E-state index is 10.7. The van der Waals surface area contributed by atoms with Crippen LogP contribution in [0.25, 0.3) is 21.9 Å². The summed E-state index contributed by atoms with van der Waals surface area (Å²) in [6, 6.07) is 27.4. The fraction of sp³-hybridized carbons (Fsp3) is 0.0435. The zero-order chi connectivity index (χ0) is 17.9. The van der Waals surface area contributed by atoms with Crippen LogP contribution in [-0.4, -0.2) is 5.11 Å². The Balaban J connectivity index is 1.86. The molecule has 4 aromatic rings. The highest BCUT2D eigenvalue weighted by Crippen LogP contribution is 2.41. The van der Waals surface area contributed by atoms with Crippen LogP contribution in [0.3, 0.4) is 0 Å². The lowest BCUT2D eigenvalue weighted by Crippen LogP contribution is -1.83. The predicted octanol–water partition coefficient (Wildman–Crippen LogP) is 6.94. The maximum atomic E-state index is 10.7. The molecule has 0 aliphatic carbocycles. The van der Waals surface area contributed by atoms with Gasteiger partial charge in [-0.25, -0.2) is 0 Å². The number of rotatable bonds is 3. The van der Waals surface area contributed by atoms with Gasteiger partial charge in [0.25, 0.3) is 0 Å². The molecule has 0 fully saturated rings. The minimum Gasteiger partial charge on any atom is -0.507 e. The van der Waals surface area contributed by atoms with Crippen LogP contribution in [0.5, 0.6) is 5.75 Å². The summed E-state index contributed by atoms with van der Waals surface area (Å²) in [4.78, 5) is 0. The van der Waals surface area contributed by atoms with E-state index in [1.165, 1.54) is 5.56 Å². The molecule has 0 atom stereocenters. The number of hydrogen-bond donors (Lipinski definition) is 1. The van der Waals surface area contributed by atoms with Crippen molar-refractivity contribution >= 4 is 22.1 Å². The first-order valence-corrected chi connectivity index (χ1v) is 8.51. The highest BCUT2D eigenvalue weighted by Gasteiger charge is 2.13. The van der Waals surface area contributed by atoms with Crippen LogP contribution in [-0.2, 0) is 0 Å². The van der Waals surface area contributed by atoms with E-state index in [4.69, 9.17) is 0 Å². The van der Waals surface area contributed by atoms with Gasteiger partial charge >= 0.3 is 0 Å². The second-order valence-electron chi connectivity index (χ2n) is 6.24. The third-order valence-corrected chi connectivity index (χ3v) is 4.37. The quantitative estimate of drug-likeness (QED) is 0.404. The Kier molecular flexibility index (Phi) is 4.20. The molecule has 0 unspecified atom stereocenters. The second kappa shape index (κ2) is 6.81. The smallest absolute Gasteiger partial charge is 0.126 e. The molecule has 0 amide bonds. The summed E-state index contributed by atoms with van der Waals surface area (Å²) in [6.07, 6.45) is 0. The monoisotopic (exact) mass is 338 g/mol. The fourth-order valence-corrected chi connectivity index (χ4v) is 3.06. The van der Waals surface area contributed by atoms with Crippen LogP contribution >= 0.6 is 0 Å². The van der Waals surface area contributed by atoms with Gasteiger partial charge < -0.3 is 5.11 Å². The number of aromatic hydroxyl groups is 1. The molecule has 0 radical (unpaired) electrons. The highest BCUT2D eigenvalue weighted by molar-refractivity contribution is 6.05. The molecular formula is C23H18N2O. The maximum Gasteiger partial charge on any atom is 0.126 e. The molecular weight excluding hydrogens is 320 g/mol. The lowest BCUT2D eigenvalue weighted by atomic mass is 9.96. The third-order valence-electron chi connectivity index (χ3n) is 4.37. The van der Waals surface area contributed by atoms with Gasteiger partial charge in [0.1, 0.15) is 5.75 Å². The molecule has 4 rings (SSSR count). The molecule has 26 heavy (non-hydrogen) atoms. The molecule has 0 heterocycles. The minimum absolute atomic E-state index is 0.202. The van der Waals surface area contributed by atoms with E-state index in [1.807, 2.05) is 85.8 Å². The van der Waals surface area contributed by atoms with Crippen molar-refractivity contribution < 1.29 is 5.11 Å². The van der Waals surface area contributed by atoms with Crippen LogP contribution in [0.2, 0.25) is 0 Å². The van der Waals surface area contributed by atoms with Crippen LogP contribution < -0.4 is 0 Å². The van der Waals surface area contributed by atoms with Gasteiger partial charge in [0.15, 0.2) is 0 Å². The van der Waals surface area contributed by atoms with Gasteiger partial charge in [0.05, 0.1) is 11.4 Å². The van der Waals surface area contributed by atoms with Gasteiger partial charge in [-0.3, -0.25) is 0 Å². The second-order valence-corrected chi connectivity index (χ2v) is 6.24. The van der Waals surface area contributed by atoms with Crippen molar-refractivity contribution in [2.75, 3.05) is 0 Å². The van der Waals surface area contributed by atoms with E-state index in [0.717, 1.165) is 27.6 Å². The number of fused-ring (bicyclic) bond motifs is 1. The van der Waals surface area contributed by atoms with Crippen molar-refractivity contribution in [3.63, 3.8) is 0 Å². The summed E-state index contributed by atoms with van der Waals surface area (Å²) in [7, 11) is 0. The van der Waals surface area contributed by atoms with E-state index in [9.17, 15) is 5.11 Å². The number of benzene rings is 4. The summed E-state index contributed by atoms with van der Waals surface area (Å²) in [5.74, 6) is 0.202. The topological polar surface area (TPSA) is 45.0 Å². The predicted molar refractivity (Wildman–Crippen MR) is 106 cm³/mol. The molecule has 0 aliphatic heterocycles. The van der Waals surface area contributed by atoms with Gasteiger partial charge in [-0.15, -0.1) is 5.11 Å². The number of phenols is 1. The molecule has 3 nitrogen and oxygen atoms in total. The summed E-state index contributed by atoms with van der Waals surface area (Å²) >= 11 is 0. The Bertz CT molecular complexity index is 1080. The Morgan fingerprint density at radius 3 is 2.08 bits per heavy atom. The van der Waals surface area contributed by atoms with Crippen molar-refractivity contribution in [3.8, 4) is 16.9 Å². The summed E-state index contributed by atoms with van der Waals surface area (Å²) in [5.41, 5.74) is 4.41. The van der Waals surface area contributed by atoms with E-state index >= 15 is 0 Å². The number of hydrogen-bond acceptors (Lipinski definition) is 3. The SMILES string of the molecule is Cc1ccc(N=Nc2cc(O)c(-c3ccccc3)c3ccccc23)cc1. The number of phenolic OH excluding ortho intramolecular Hbond substituents is 1. The van der Waals surface area contributed by atoms with Crippen molar-refractivity contribution in [1.29, 1.82) is 0 Å². The standard InChI is InChI=1S/C23H18N2O/c1-16-11-13-18(14-12-16)24-25-21-15-22(26)23(17-7-3-2-4-8-17)20-10-6-5-9-19(20)21/h2-15,26H,1H3. The van der Waals surface area contributed by atoms with Gasteiger partial charge in [0, 0.05) is 17.0 Å². The van der Waals surface area contributed by atoms with Gasteiger partial charge in [-0.05, 0) is 30.0 Å². The van der Waals surface area contributed by atoms with Crippen molar-refractivity contribution in [1.82, 2.24) is 0 Å². The van der Waals surface area contributed by atoms with E-state index in [0.29, 0.717) is 5.69 Å². The lowest BCUT2D eigenvalue weighted by molar-refractivity contribution is 0.478. The van der Waals surface area contributed by atoms with Crippen molar-refractivity contribution in [2.24, 2.45) is 10.2 Å². The summed E-state index contributed by atoms with van der Waals surface area (Å²) in [6.45, 7) is 2.04. The van der Waals surface area contributed by atoms with Gasteiger partial charge in [0.2, 0.25) is 0 Å². The Labute approximate surface area is 152 Å². The van der Waals surface area contributed by atoms with Crippen molar-refractivity contribution in [3.05, 3.63) is 90.5 Å². The Hall–Kier alpha value is -3.46. The average molecular weight is 338 g/mol.